The van der Waals surface area contributed by atoms with Crippen LogP contribution >= 0.6 is 11.3 Å². The van der Waals surface area contributed by atoms with Crippen LogP contribution in [0.3, 0.4) is 0 Å². The van der Waals surface area contributed by atoms with E-state index in [-0.39, 0.29) is 12.5 Å². The van der Waals surface area contributed by atoms with Crippen LogP contribution in [0.2, 0.25) is 0 Å². The van der Waals surface area contributed by atoms with Gasteiger partial charge in [0, 0.05) is 5.69 Å². The maximum atomic E-state index is 11.9. The Balaban J connectivity index is 1.85. The Morgan fingerprint density at radius 1 is 1.22 bits per heavy atom. The summed E-state index contributed by atoms with van der Waals surface area (Å²) in [4.78, 5) is 24.2. The van der Waals surface area contributed by atoms with Gasteiger partial charge in [-0.1, -0.05) is 26.0 Å². The van der Waals surface area contributed by atoms with Gasteiger partial charge in [-0.15, -0.1) is 11.3 Å². The standard InChI is InChI=1S/C18H21NO3S/c1-4-12(2)14-5-7-15(8-6-14)19-16(20)11-22-18(21)17-13(3)9-10-23-17/h5-10,12H,4,11H2,1-3H3,(H,19,20)/t12-/m1/s1. The molecule has 23 heavy (non-hydrogen) atoms. The molecule has 0 bridgehead atoms. The van der Waals surface area contributed by atoms with Crippen molar-refractivity contribution in [3.8, 4) is 0 Å². The van der Waals surface area contributed by atoms with Crippen molar-refractivity contribution in [3.05, 3.63) is 51.7 Å². The van der Waals surface area contributed by atoms with E-state index in [0.717, 1.165) is 12.0 Å². The lowest BCUT2D eigenvalue weighted by Crippen LogP contribution is -2.20. The van der Waals surface area contributed by atoms with Gasteiger partial charge in [-0.3, -0.25) is 4.79 Å². The molecule has 5 heteroatoms. The molecule has 1 amide bonds. The maximum Gasteiger partial charge on any atom is 0.349 e. The highest BCUT2D eigenvalue weighted by molar-refractivity contribution is 7.12. The molecule has 122 valence electrons. The minimum Gasteiger partial charge on any atom is -0.451 e. The van der Waals surface area contributed by atoms with E-state index < -0.39 is 5.97 Å². The minimum absolute atomic E-state index is 0.288. The van der Waals surface area contributed by atoms with Gasteiger partial charge in [-0.25, -0.2) is 4.79 Å². The number of nitrogens with one attached hydrogen (secondary N) is 1. The normalized spacial score (nSPS) is 11.8. The summed E-state index contributed by atoms with van der Waals surface area (Å²) in [6.45, 7) is 5.86. The van der Waals surface area contributed by atoms with E-state index in [9.17, 15) is 9.59 Å². The second-order valence-electron chi connectivity index (χ2n) is 5.49. The van der Waals surface area contributed by atoms with Crippen molar-refractivity contribution in [1.82, 2.24) is 0 Å². The van der Waals surface area contributed by atoms with Crippen LogP contribution in [-0.2, 0) is 9.53 Å². The molecule has 1 N–H and O–H groups in total. The van der Waals surface area contributed by atoms with E-state index in [1.165, 1.54) is 16.9 Å². The first-order chi connectivity index (χ1) is 11.0. The van der Waals surface area contributed by atoms with Gasteiger partial charge in [0.2, 0.25) is 0 Å². The van der Waals surface area contributed by atoms with Gasteiger partial charge in [0.05, 0.1) is 0 Å². The van der Waals surface area contributed by atoms with Gasteiger partial charge in [0.1, 0.15) is 4.88 Å². The van der Waals surface area contributed by atoms with E-state index in [2.05, 4.69) is 19.2 Å². The Kier molecular flexibility index (Phi) is 5.93. The molecule has 0 aliphatic carbocycles. The fourth-order valence-corrected chi connectivity index (χ4v) is 2.92. The Bertz CT molecular complexity index is 676. The van der Waals surface area contributed by atoms with Crippen LogP contribution in [0.1, 0.15) is 47.0 Å². The molecule has 0 fully saturated rings. The lowest BCUT2D eigenvalue weighted by atomic mass is 9.99. The number of amides is 1. The number of carbonyl (C=O) groups excluding carboxylic acids is 2. The minimum atomic E-state index is -0.459. The highest BCUT2D eigenvalue weighted by Crippen LogP contribution is 2.20. The molecule has 0 unspecified atom stereocenters. The molecule has 4 nitrogen and oxygen atoms in total. The summed E-state index contributed by atoms with van der Waals surface area (Å²) in [5.74, 6) is -0.307. The quantitative estimate of drug-likeness (QED) is 0.800. The molecule has 1 heterocycles. The van der Waals surface area contributed by atoms with Gasteiger partial charge in [-0.2, -0.15) is 0 Å². The number of rotatable bonds is 6. The van der Waals surface area contributed by atoms with Crippen molar-refractivity contribution >= 4 is 28.9 Å². The third-order valence-electron chi connectivity index (χ3n) is 3.76. The van der Waals surface area contributed by atoms with Crippen LogP contribution in [0.5, 0.6) is 0 Å². The average Bonchev–Trinajstić information content (AvgIpc) is 2.98. The van der Waals surface area contributed by atoms with Crippen molar-refractivity contribution in [2.45, 2.75) is 33.1 Å². The molecule has 0 aliphatic rings. The largest absolute Gasteiger partial charge is 0.451 e. The summed E-state index contributed by atoms with van der Waals surface area (Å²) in [5.41, 5.74) is 2.80. The molecule has 0 saturated carbocycles. The van der Waals surface area contributed by atoms with Gasteiger partial charge >= 0.3 is 5.97 Å². The SMILES string of the molecule is CC[C@@H](C)c1ccc(NC(=O)COC(=O)c2sccc2C)cc1. The summed E-state index contributed by atoms with van der Waals surface area (Å²) in [6, 6.07) is 9.59. The van der Waals surface area contributed by atoms with Gasteiger partial charge in [0.15, 0.2) is 6.61 Å². The highest BCUT2D eigenvalue weighted by Gasteiger charge is 2.14. The second kappa shape index (κ2) is 7.92. The molecule has 1 atom stereocenters. The number of thiophene rings is 1. The van der Waals surface area contributed by atoms with Crippen molar-refractivity contribution in [3.63, 3.8) is 0 Å². The highest BCUT2D eigenvalue weighted by atomic mass is 32.1. The van der Waals surface area contributed by atoms with Crippen molar-refractivity contribution in [2.24, 2.45) is 0 Å². The van der Waals surface area contributed by atoms with Crippen LogP contribution in [0.25, 0.3) is 0 Å². The first-order valence-electron chi connectivity index (χ1n) is 7.62. The number of aryl methyl sites for hydroxylation is 1. The average molecular weight is 331 g/mol. The number of benzene rings is 1. The zero-order chi connectivity index (χ0) is 16.8. The topological polar surface area (TPSA) is 55.4 Å². The second-order valence-corrected chi connectivity index (χ2v) is 6.40. The Morgan fingerprint density at radius 3 is 2.48 bits per heavy atom. The molecule has 1 aromatic heterocycles. The van der Waals surface area contributed by atoms with Crippen LogP contribution in [0.15, 0.2) is 35.7 Å². The number of hydrogen-bond acceptors (Lipinski definition) is 4. The van der Waals surface area contributed by atoms with Gasteiger partial charge in [0.25, 0.3) is 5.91 Å². The van der Waals surface area contributed by atoms with Crippen molar-refractivity contribution in [2.75, 3.05) is 11.9 Å². The summed E-state index contributed by atoms with van der Waals surface area (Å²) in [7, 11) is 0. The van der Waals surface area contributed by atoms with Crippen LogP contribution in [-0.4, -0.2) is 18.5 Å². The number of ether oxygens (including phenoxy) is 1. The number of hydrogen-bond donors (Lipinski definition) is 1. The van der Waals surface area contributed by atoms with E-state index in [4.69, 9.17) is 4.74 Å². The van der Waals surface area contributed by atoms with E-state index >= 15 is 0 Å². The van der Waals surface area contributed by atoms with Gasteiger partial charge in [-0.05, 0) is 54.0 Å². The molecule has 1 aromatic carbocycles. The first-order valence-corrected chi connectivity index (χ1v) is 8.50. The monoisotopic (exact) mass is 331 g/mol. The van der Waals surface area contributed by atoms with E-state index in [1.807, 2.05) is 42.6 Å². The fourth-order valence-electron chi connectivity index (χ4n) is 2.11. The lowest BCUT2D eigenvalue weighted by Gasteiger charge is -2.10. The third kappa shape index (κ3) is 4.66. The van der Waals surface area contributed by atoms with Crippen molar-refractivity contribution in [1.29, 1.82) is 0 Å². The number of carbonyl (C=O) groups is 2. The van der Waals surface area contributed by atoms with Crippen molar-refractivity contribution < 1.29 is 14.3 Å². The first kappa shape index (κ1) is 17.2. The molecule has 0 aliphatic heterocycles. The molecule has 0 saturated heterocycles. The summed E-state index contributed by atoms with van der Waals surface area (Å²) < 4.78 is 5.04. The smallest absolute Gasteiger partial charge is 0.349 e. The van der Waals surface area contributed by atoms with Crippen LogP contribution < -0.4 is 5.32 Å². The fraction of sp³-hybridized carbons (Fsp3) is 0.333. The number of esters is 1. The Hall–Kier alpha value is -2.14. The van der Waals surface area contributed by atoms with E-state index in [1.54, 1.807) is 0 Å². The predicted molar refractivity (Wildman–Crippen MR) is 93.1 cm³/mol. The molecule has 0 spiro atoms. The van der Waals surface area contributed by atoms with Gasteiger partial charge < -0.3 is 10.1 Å². The zero-order valence-electron chi connectivity index (χ0n) is 13.6. The van der Waals surface area contributed by atoms with Crippen LogP contribution in [0, 0.1) is 6.92 Å². The zero-order valence-corrected chi connectivity index (χ0v) is 14.4. The third-order valence-corrected chi connectivity index (χ3v) is 4.75. The number of anilines is 1. The van der Waals surface area contributed by atoms with E-state index in [0.29, 0.717) is 16.5 Å². The van der Waals surface area contributed by atoms with Crippen LogP contribution in [0.4, 0.5) is 5.69 Å². The Morgan fingerprint density at radius 2 is 1.91 bits per heavy atom. The maximum absolute atomic E-state index is 11.9. The summed E-state index contributed by atoms with van der Waals surface area (Å²) in [6.07, 6.45) is 1.07. The Labute approximate surface area is 140 Å². The molecule has 0 radical (unpaired) electrons. The molecule has 2 aromatic rings. The lowest BCUT2D eigenvalue weighted by molar-refractivity contribution is -0.119. The summed E-state index contributed by atoms with van der Waals surface area (Å²) in [5, 5.41) is 4.55. The summed E-state index contributed by atoms with van der Waals surface area (Å²) >= 11 is 1.31. The molecular weight excluding hydrogens is 310 g/mol. The molecule has 2 rings (SSSR count). The molecular formula is C18H21NO3S. The predicted octanol–water partition coefficient (Wildman–Crippen LogP) is 4.37.